The van der Waals surface area contributed by atoms with E-state index < -0.39 is 0 Å². The monoisotopic (exact) mass is 204 g/mol. The Balaban J connectivity index is 2.40. The molecule has 4 nitrogen and oxygen atoms in total. The first-order valence-electron chi connectivity index (χ1n) is 4.28. The van der Waals surface area contributed by atoms with Gasteiger partial charge in [-0.2, -0.15) is 0 Å². The summed E-state index contributed by atoms with van der Waals surface area (Å²) < 4.78 is 10.4. The van der Waals surface area contributed by atoms with Gasteiger partial charge in [-0.25, -0.2) is 0 Å². The van der Waals surface area contributed by atoms with Crippen LogP contribution in [-0.2, 0) is 11.2 Å². The van der Waals surface area contributed by atoms with Gasteiger partial charge in [-0.05, 0) is 13.8 Å². The van der Waals surface area contributed by atoms with Crippen molar-refractivity contribution in [2.75, 3.05) is 13.2 Å². The first-order chi connectivity index (χ1) is 6.24. The highest BCUT2D eigenvalue weighted by atomic mass is 35.5. The van der Waals surface area contributed by atoms with Crippen LogP contribution in [-0.4, -0.2) is 23.4 Å². The normalized spacial score (nSPS) is 13.2. The molecule has 5 heteroatoms. The summed E-state index contributed by atoms with van der Waals surface area (Å²) >= 11 is 5.75. The first kappa shape index (κ1) is 10.5. The molecule has 0 bridgehead atoms. The molecule has 0 radical (unpaired) electrons. The lowest BCUT2D eigenvalue weighted by Crippen LogP contribution is -1.97. The molecule has 0 spiro atoms. The van der Waals surface area contributed by atoms with Crippen molar-refractivity contribution in [1.29, 1.82) is 0 Å². The number of alkyl halides is 1. The molecule has 0 aliphatic heterocycles. The molecule has 0 amide bonds. The SMILES string of the molecule is CCOCCc1nnc(C(C)Cl)o1. The van der Waals surface area contributed by atoms with Crippen LogP contribution >= 0.6 is 11.6 Å². The number of hydrogen-bond donors (Lipinski definition) is 0. The van der Waals surface area contributed by atoms with Gasteiger partial charge in [0.25, 0.3) is 0 Å². The number of hydrogen-bond acceptors (Lipinski definition) is 4. The van der Waals surface area contributed by atoms with Gasteiger partial charge in [-0.1, -0.05) is 0 Å². The van der Waals surface area contributed by atoms with Crippen molar-refractivity contribution >= 4 is 11.6 Å². The molecule has 0 saturated heterocycles. The number of halogens is 1. The van der Waals surface area contributed by atoms with E-state index in [9.17, 15) is 0 Å². The Labute approximate surface area is 82.2 Å². The van der Waals surface area contributed by atoms with Gasteiger partial charge in [-0.3, -0.25) is 0 Å². The van der Waals surface area contributed by atoms with Gasteiger partial charge in [0.2, 0.25) is 11.8 Å². The Morgan fingerprint density at radius 1 is 1.54 bits per heavy atom. The Kier molecular flexibility index (Phi) is 4.18. The molecule has 1 rings (SSSR count). The van der Waals surface area contributed by atoms with Gasteiger partial charge in [0.15, 0.2) is 0 Å². The highest BCUT2D eigenvalue weighted by Gasteiger charge is 2.10. The third kappa shape index (κ3) is 3.32. The molecular weight excluding hydrogens is 192 g/mol. The van der Waals surface area contributed by atoms with E-state index in [0.717, 1.165) is 0 Å². The second-order valence-corrected chi connectivity index (χ2v) is 3.25. The summed E-state index contributed by atoms with van der Waals surface area (Å²) in [5, 5.41) is 7.39. The minimum atomic E-state index is -0.228. The van der Waals surface area contributed by atoms with E-state index >= 15 is 0 Å². The molecule has 74 valence electrons. The van der Waals surface area contributed by atoms with Gasteiger partial charge in [0.05, 0.1) is 6.61 Å². The highest BCUT2D eigenvalue weighted by Crippen LogP contribution is 2.17. The third-order valence-electron chi connectivity index (χ3n) is 1.49. The van der Waals surface area contributed by atoms with Crippen LogP contribution in [0, 0.1) is 0 Å². The van der Waals surface area contributed by atoms with Crippen LogP contribution < -0.4 is 0 Å². The molecule has 0 saturated carbocycles. The van der Waals surface area contributed by atoms with E-state index in [2.05, 4.69) is 10.2 Å². The van der Waals surface area contributed by atoms with Gasteiger partial charge in [0, 0.05) is 13.0 Å². The molecule has 0 aliphatic carbocycles. The fraction of sp³-hybridized carbons (Fsp3) is 0.750. The maximum atomic E-state index is 5.75. The van der Waals surface area contributed by atoms with Gasteiger partial charge < -0.3 is 9.15 Å². The number of ether oxygens (including phenoxy) is 1. The molecular formula is C8H13ClN2O2. The van der Waals surface area contributed by atoms with Crippen molar-refractivity contribution in [2.45, 2.75) is 25.6 Å². The molecule has 1 unspecified atom stereocenters. The molecule has 0 aromatic carbocycles. The summed E-state index contributed by atoms with van der Waals surface area (Å²) in [6, 6.07) is 0. The summed E-state index contributed by atoms with van der Waals surface area (Å²) in [6.07, 6.45) is 0.643. The molecule has 1 atom stereocenters. The average molecular weight is 205 g/mol. The maximum Gasteiger partial charge on any atom is 0.234 e. The zero-order chi connectivity index (χ0) is 9.68. The van der Waals surface area contributed by atoms with Crippen molar-refractivity contribution in [3.05, 3.63) is 11.8 Å². The average Bonchev–Trinajstić information content (AvgIpc) is 2.53. The summed E-state index contributed by atoms with van der Waals surface area (Å²) in [5.74, 6) is 1.05. The Morgan fingerprint density at radius 3 is 2.85 bits per heavy atom. The number of rotatable bonds is 5. The third-order valence-corrected chi connectivity index (χ3v) is 1.67. The maximum absolute atomic E-state index is 5.75. The fourth-order valence-corrected chi connectivity index (χ4v) is 0.920. The molecule has 1 heterocycles. The molecule has 1 aromatic rings. The Hall–Kier alpha value is -0.610. The first-order valence-corrected chi connectivity index (χ1v) is 4.71. The van der Waals surface area contributed by atoms with Crippen LogP contribution in [0.2, 0.25) is 0 Å². The van der Waals surface area contributed by atoms with Crippen molar-refractivity contribution in [3.8, 4) is 0 Å². The summed E-state index contributed by atoms with van der Waals surface area (Å²) in [4.78, 5) is 0. The number of aromatic nitrogens is 2. The Morgan fingerprint density at radius 2 is 2.31 bits per heavy atom. The van der Waals surface area contributed by atoms with E-state index in [1.54, 1.807) is 6.92 Å². The smallest absolute Gasteiger partial charge is 0.234 e. The lowest BCUT2D eigenvalue weighted by atomic mass is 10.4. The second kappa shape index (κ2) is 5.19. The van der Waals surface area contributed by atoms with Gasteiger partial charge in [-0.15, -0.1) is 21.8 Å². The quantitative estimate of drug-likeness (QED) is 0.543. The van der Waals surface area contributed by atoms with Crippen LogP contribution in [0.4, 0.5) is 0 Å². The topological polar surface area (TPSA) is 48.2 Å². The molecule has 0 fully saturated rings. The summed E-state index contributed by atoms with van der Waals surface area (Å²) in [7, 11) is 0. The highest BCUT2D eigenvalue weighted by molar-refractivity contribution is 6.20. The molecule has 0 N–H and O–H groups in total. The predicted molar refractivity (Wildman–Crippen MR) is 48.8 cm³/mol. The zero-order valence-corrected chi connectivity index (χ0v) is 8.54. The van der Waals surface area contributed by atoms with Crippen LogP contribution in [0.3, 0.4) is 0 Å². The number of nitrogens with zero attached hydrogens (tertiary/aromatic N) is 2. The minimum absolute atomic E-state index is 0.228. The zero-order valence-electron chi connectivity index (χ0n) is 7.79. The fourth-order valence-electron chi connectivity index (χ4n) is 0.832. The minimum Gasteiger partial charge on any atom is -0.424 e. The summed E-state index contributed by atoms with van der Waals surface area (Å²) in [6.45, 7) is 5.04. The van der Waals surface area contributed by atoms with Crippen molar-refractivity contribution in [3.63, 3.8) is 0 Å². The molecule has 13 heavy (non-hydrogen) atoms. The largest absolute Gasteiger partial charge is 0.424 e. The van der Waals surface area contributed by atoms with E-state index in [1.807, 2.05) is 6.92 Å². The van der Waals surface area contributed by atoms with Gasteiger partial charge >= 0.3 is 0 Å². The summed E-state index contributed by atoms with van der Waals surface area (Å²) in [5.41, 5.74) is 0. The van der Waals surface area contributed by atoms with Crippen LogP contribution in [0.1, 0.15) is 31.0 Å². The Bertz CT molecular complexity index is 250. The van der Waals surface area contributed by atoms with E-state index in [0.29, 0.717) is 31.4 Å². The van der Waals surface area contributed by atoms with Crippen LogP contribution in [0.15, 0.2) is 4.42 Å². The van der Waals surface area contributed by atoms with Crippen molar-refractivity contribution in [1.82, 2.24) is 10.2 Å². The van der Waals surface area contributed by atoms with E-state index in [-0.39, 0.29) is 5.38 Å². The predicted octanol–water partition coefficient (Wildman–Crippen LogP) is 1.95. The second-order valence-electron chi connectivity index (χ2n) is 2.60. The van der Waals surface area contributed by atoms with Crippen LogP contribution in [0.25, 0.3) is 0 Å². The van der Waals surface area contributed by atoms with Crippen molar-refractivity contribution < 1.29 is 9.15 Å². The van der Waals surface area contributed by atoms with E-state index in [1.165, 1.54) is 0 Å². The lowest BCUT2D eigenvalue weighted by Gasteiger charge is -1.96. The van der Waals surface area contributed by atoms with Crippen LogP contribution in [0.5, 0.6) is 0 Å². The standard InChI is InChI=1S/C8H13ClN2O2/c1-3-12-5-4-7-10-11-8(13-7)6(2)9/h6H,3-5H2,1-2H3. The van der Waals surface area contributed by atoms with E-state index in [4.69, 9.17) is 20.8 Å². The van der Waals surface area contributed by atoms with Gasteiger partial charge in [0.1, 0.15) is 5.38 Å². The lowest BCUT2D eigenvalue weighted by molar-refractivity contribution is 0.145. The molecule has 1 aromatic heterocycles. The van der Waals surface area contributed by atoms with Crippen molar-refractivity contribution in [2.24, 2.45) is 0 Å². The molecule has 0 aliphatic rings.